The van der Waals surface area contributed by atoms with E-state index in [0.717, 1.165) is 16.7 Å². The second-order valence-electron chi connectivity index (χ2n) is 5.09. The largest absolute Gasteiger partial charge is 0.472 e. The van der Waals surface area contributed by atoms with Crippen LogP contribution < -0.4 is 16.4 Å². The zero-order chi connectivity index (χ0) is 15.9. The first-order chi connectivity index (χ1) is 10.5. The average molecular weight is 301 g/mol. The summed E-state index contributed by atoms with van der Waals surface area (Å²) >= 11 is 0. The van der Waals surface area contributed by atoms with Crippen molar-refractivity contribution in [2.24, 2.45) is 5.73 Å². The second kappa shape index (κ2) is 7.31. The number of nitrogens with one attached hydrogen (secondary N) is 2. The minimum atomic E-state index is -0.658. The van der Waals surface area contributed by atoms with E-state index in [4.69, 9.17) is 10.2 Å². The standard InChI is InChI=1S/C16H19N3O3/c1-11-3-2-4-13(7-11)14(19-16(17)21)8-15(20)18-9-12-5-6-22-10-12/h2-7,10,14H,8-9H2,1H3,(H,18,20)(H3,17,19,21)/t14-/m0/s1. The number of rotatable bonds is 6. The molecule has 0 saturated carbocycles. The Hall–Kier alpha value is -2.76. The molecule has 6 heteroatoms. The summed E-state index contributed by atoms with van der Waals surface area (Å²) in [5, 5.41) is 5.39. The first-order valence-corrected chi connectivity index (χ1v) is 6.95. The van der Waals surface area contributed by atoms with Gasteiger partial charge in [0.05, 0.1) is 25.0 Å². The molecule has 22 heavy (non-hydrogen) atoms. The van der Waals surface area contributed by atoms with E-state index in [2.05, 4.69) is 10.6 Å². The molecule has 0 aliphatic carbocycles. The van der Waals surface area contributed by atoms with Crippen molar-refractivity contribution in [2.75, 3.05) is 0 Å². The molecular weight excluding hydrogens is 282 g/mol. The molecule has 0 aliphatic heterocycles. The summed E-state index contributed by atoms with van der Waals surface area (Å²) < 4.78 is 4.94. The van der Waals surface area contributed by atoms with Crippen molar-refractivity contribution in [2.45, 2.75) is 25.9 Å². The number of carbonyl (C=O) groups excluding carboxylic acids is 2. The Balaban J connectivity index is 1.99. The van der Waals surface area contributed by atoms with Gasteiger partial charge in [-0.15, -0.1) is 0 Å². The Bertz CT molecular complexity index is 638. The summed E-state index contributed by atoms with van der Waals surface area (Å²) in [6, 6.07) is 8.27. The fourth-order valence-corrected chi connectivity index (χ4v) is 2.16. The minimum absolute atomic E-state index is 0.115. The van der Waals surface area contributed by atoms with E-state index >= 15 is 0 Å². The maximum absolute atomic E-state index is 12.1. The molecule has 0 fully saturated rings. The maximum atomic E-state index is 12.1. The van der Waals surface area contributed by atoms with E-state index < -0.39 is 12.1 Å². The lowest BCUT2D eigenvalue weighted by atomic mass is 10.0. The van der Waals surface area contributed by atoms with Crippen LogP contribution in [-0.4, -0.2) is 11.9 Å². The van der Waals surface area contributed by atoms with Gasteiger partial charge in [0.15, 0.2) is 0 Å². The maximum Gasteiger partial charge on any atom is 0.312 e. The van der Waals surface area contributed by atoms with Gasteiger partial charge in [0.1, 0.15) is 0 Å². The molecular formula is C16H19N3O3. The van der Waals surface area contributed by atoms with E-state index in [1.54, 1.807) is 18.6 Å². The zero-order valence-electron chi connectivity index (χ0n) is 12.3. The number of nitrogens with two attached hydrogens (primary N) is 1. The molecule has 6 nitrogen and oxygen atoms in total. The molecule has 2 aromatic rings. The van der Waals surface area contributed by atoms with Crippen LogP contribution in [0.4, 0.5) is 4.79 Å². The fourth-order valence-electron chi connectivity index (χ4n) is 2.16. The van der Waals surface area contributed by atoms with E-state index in [0.29, 0.717) is 6.54 Å². The Kier molecular flexibility index (Phi) is 5.19. The van der Waals surface area contributed by atoms with Crippen molar-refractivity contribution in [3.8, 4) is 0 Å². The summed E-state index contributed by atoms with van der Waals surface area (Å²) in [4.78, 5) is 23.2. The number of aryl methyl sites for hydroxylation is 1. The molecule has 116 valence electrons. The van der Waals surface area contributed by atoms with Gasteiger partial charge in [-0.3, -0.25) is 4.79 Å². The number of urea groups is 1. The summed E-state index contributed by atoms with van der Waals surface area (Å²) in [5.41, 5.74) is 7.97. The highest BCUT2D eigenvalue weighted by molar-refractivity contribution is 5.78. The Labute approximate surface area is 128 Å². The predicted molar refractivity (Wildman–Crippen MR) is 81.8 cm³/mol. The molecule has 1 aromatic heterocycles. The Morgan fingerprint density at radius 3 is 2.77 bits per heavy atom. The van der Waals surface area contributed by atoms with Gasteiger partial charge < -0.3 is 20.8 Å². The third-order valence-electron chi connectivity index (χ3n) is 3.22. The van der Waals surface area contributed by atoms with Gasteiger partial charge in [-0.05, 0) is 18.6 Å². The van der Waals surface area contributed by atoms with Crippen LogP contribution in [0.1, 0.15) is 29.2 Å². The summed E-state index contributed by atoms with van der Waals surface area (Å²) in [6.45, 7) is 2.33. The summed E-state index contributed by atoms with van der Waals surface area (Å²) in [6.07, 6.45) is 3.23. The lowest BCUT2D eigenvalue weighted by Crippen LogP contribution is -2.36. The third kappa shape index (κ3) is 4.66. The van der Waals surface area contributed by atoms with Crippen LogP contribution in [0.15, 0.2) is 47.3 Å². The molecule has 0 unspecified atom stereocenters. The van der Waals surface area contributed by atoms with Crippen LogP contribution in [0, 0.1) is 6.92 Å². The number of furan rings is 1. The summed E-state index contributed by atoms with van der Waals surface area (Å²) in [5.74, 6) is -0.179. The molecule has 0 spiro atoms. The fraction of sp³-hybridized carbons (Fsp3) is 0.250. The highest BCUT2D eigenvalue weighted by Gasteiger charge is 2.17. The molecule has 1 aromatic carbocycles. The second-order valence-corrected chi connectivity index (χ2v) is 5.09. The molecule has 3 amide bonds. The third-order valence-corrected chi connectivity index (χ3v) is 3.22. The summed E-state index contributed by atoms with van der Waals surface area (Å²) in [7, 11) is 0. The number of benzene rings is 1. The number of hydrogen-bond acceptors (Lipinski definition) is 3. The van der Waals surface area contributed by atoms with Gasteiger partial charge >= 0.3 is 6.03 Å². The van der Waals surface area contributed by atoms with Crippen molar-refractivity contribution in [3.05, 3.63) is 59.5 Å². The van der Waals surface area contributed by atoms with Crippen LogP contribution in [0.2, 0.25) is 0 Å². The van der Waals surface area contributed by atoms with Crippen molar-refractivity contribution in [1.82, 2.24) is 10.6 Å². The van der Waals surface area contributed by atoms with Crippen molar-refractivity contribution in [1.29, 1.82) is 0 Å². The molecule has 0 radical (unpaired) electrons. The van der Waals surface area contributed by atoms with E-state index in [1.165, 1.54) is 0 Å². The minimum Gasteiger partial charge on any atom is -0.472 e. The van der Waals surface area contributed by atoms with Gasteiger partial charge in [0, 0.05) is 12.1 Å². The van der Waals surface area contributed by atoms with Gasteiger partial charge in [-0.1, -0.05) is 29.8 Å². The number of carbonyl (C=O) groups is 2. The smallest absolute Gasteiger partial charge is 0.312 e. The number of hydrogen-bond donors (Lipinski definition) is 3. The first kappa shape index (κ1) is 15.6. The SMILES string of the molecule is Cc1cccc([C@H](CC(=O)NCc2ccoc2)NC(N)=O)c1. The molecule has 0 bridgehead atoms. The Morgan fingerprint density at radius 1 is 1.32 bits per heavy atom. The normalized spacial score (nSPS) is 11.7. The van der Waals surface area contributed by atoms with Crippen LogP contribution in [0.3, 0.4) is 0 Å². The van der Waals surface area contributed by atoms with Crippen LogP contribution >= 0.6 is 0 Å². The Morgan fingerprint density at radius 2 is 2.14 bits per heavy atom. The van der Waals surface area contributed by atoms with Crippen molar-refractivity contribution >= 4 is 11.9 Å². The van der Waals surface area contributed by atoms with Crippen molar-refractivity contribution < 1.29 is 14.0 Å². The zero-order valence-corrected chi connectivity index (χ0v) is 12.3. The quantitative estimate of drug-likeness (QED) is 0.761. The molecule has 1 atom stereocenters. The molecule has 1 heterocycles. The monoisotopic (exact) mass is 301 g/mol. The van der Waals surface area contributed by atoms with Gasteiger partial charge in [0.25, 0.3) is 0 Å². The van der Waals surface area contributed by atoms with E-state index in [-0.39, 0.29) is 12.3 Å². The number of amides is 3. The lowest BCUT2D eigenvalue weighted by Gasteiger charge is -2.18. The topological polar surface area (TPSA) is 97.4 Å². The highest BCUT2D eigenvalue weighted by atomic mass is 16.3. The predicted octanol–water partition coefficient (Wildman–Crippen LogP) is 2.00. The molecule has 0 aliphatic rings. The van der Waals surface area contributed by atoms with Crippen LogP contribution in [0.25, 0.3) is 0 Å². The van der Waals surface area contributed by atoms with E-state index in [9.17, 15) is 9.59 Å². The van der Waals surface area contributed by atoms with E-state index in [1.807, 2.05) is 31.2 Å². The lowest BCUT2D eigenvalue weighted by molar-refractivity contribution is -0.121. The average Bonchev–Trinajstić information content (AvgIpc) is 2.97. The van der Waals surface area contributed by atoms with Crippen molar-refractivity contribution in [3.63, 3.8) is 0 Å². The molecule has 0 saturated heterocycles. The molecule has 4 N–H and O–H groups in total. The van der Waals surface area contributed by atoms with Gasteiger partial charge in [-0.25, -0.2) is 4.79 Å². The van der Waals surface area contributed by atoms with Crippen LogP contribution in [-0.2, 0) is 11.3 Å². The van der Waals surface area contributed by atoms with Gasteiger partial charge in [0.2, 0.25) is 5.91 Å². The molecule has 2 rings (SSSR count). The number of primary amides is 1. The first-order valence-electron chi connectivity index (χ1n) is 6.95. The highest BCUT2D eigenvalue weighted by Crippen LogP contribution is 2.18. The van der Waals surface area contributed by atoms with Crippen LogP contribution in [0.5, 0.6) is 0 Å². The van der Waals surface area contributed by atoms with Gasteiger partial charge in [-0.2, -0.15) is 0 Å².